The van der Waals surface area contributed by atoms with Crippen molar-refractivity contribution in [1.82, 2.24) is 19.2 Å². The summed E-state index contributed by atoms with van der Waals surface area (Å²) >= 11 is 0. The van der Waals surface area contributed by atoms with Gasteiger partial charge in [-0.15, -0.1) is 0 Å². The fourth-order valence-corrected chi connectivity index (χ4v) is 6.15. The second kappa shape index (κ2) is 12.0. The van der Waals surface area contributed by atoms with Gasteiger partial charge in [-0.25, -0.2) is 4.52 Å². The summed E-state index contributed by atoms with van der Waals surface area (Å²) < 4.78 is 9.64. The fourth-order valence-electron chi connectivity index (χ4n) is 6.15. The number of aryl methyl sites for hydroxylation is 1. The zero-order valence-corrected chi connectivity index (χ0v) is 24.4. The van der Waals surface area contributed by atoms with Gasteiger partial charge >= 0.3 is 0 Å². The molecule has 2 aromatic heterocycles. The molecule has 1 aliphatic rings. The molecule has 8 heteroatoms. The lowest BCUT2D eigenvalue weighted by molar-refractivity contribution is -0.0654. The van der Waals surface area contributed by atoms with E-state index in [1.807, 2.05) is 64.5 Å². The van der Waals surface area contributed by atoms with Crippen molar-refractivity contribution in [2.45, 2.75) is 89.9 Å². The van der Waals surface area contributed by atoms with Gasteiger partial charge in [-0.3, -0.25) is 9.36 Å². The minimum atomic E-state index is -0.873. The van der Waals surface area contributed by atoms with Gasteiger partial charge in [-0.1, -0.05) is 68.8 Å². The Morgan fingerprint density at radius 1 is 1.12 bits per heavy atom. The van der Waals surface area contributed by atoms with Crippen LogP contribution in [0.1, 0.15) is 94.1 Å². The molecular weight excluding hydrogens is 514 g/mol. The Morgan fingerprint density at radius 2 is 1.85 bits per heavy atom. The molecule has 1 fully saturated rings. The minimum absolute atomic E-state index is 0.0381. The third-order valence-electron chi connectivity index (χ3n) is 8.12. The summed E-state index contributed by atoms with van der Waals surface area (Å²) in [7, 11) is 0. The van der Waals surface area contributed by atoms with Crippen LogP contribution in [-0.4, -0.2) is 42.6 Å². The maximum Gasteiger partial charge on any atom is 0.259 e. The van der Waals surface area contributed by atoms with Crippen LogP contribution >= 0.6 is 0 Å². The minimum Gasteiger partial charge on any atom is -0.388 e. The molecule has 2 heterocycles. The molecule has 41 heavy (non-hydrogen) atoms. The molecule has 0 amide bonds. The third kappa shape index (κ3) is 5.83. The van der Waals surface area contributed by atoms with E-state index in [-0.39, 0.29) is 30.2 Å². The number of fused-ring (bicyclic) bond motifs is 1. The zero-order chi connectivity index (χ0) is 29.1. The Bertz CT molecular complexity index is 1600. The molecule has 5 rings (SSSR count). The van der Waals surface area contributed by atoms with E-state index in [1.54, 1.807) is 13.8 Å². The van der Waals surface area contributed by atoms with Crippen LogP contribution in [0.3, 0.4) is 0 Å². The van der Waals surface area contributed by atoms with E-state index in [0.717, 1.165) is 54.5 Å². The first kappa shape index (κ1) is 28.7. The number of nitrogens with zero attached hydrogens (tertiary/aromatic N) is 5. The largest absolute Gasteiger partial charge is 0.388 e. The molecule has 1 N–H and O–H groups in total. The number of nitriles is 1. The number of aromatic nitrogens is 4. The molecule has 0 aliphatic heterocycles. The molecule has 4 aromatic rings. The van der Waals surface area contributed by atoms with Gasteiger partial charge in [0.05, 0.1) is 29.6 Å². The Morgan fingerprint density at radius 3 is 2.51 bits per heavy atom. The second-order valence-corrected chi connectivity index (χ2v) is 11.8. The van der Waals surface area contributed by atoms with Crippen molar-refractivity contribution in [1.29, 1.82) is 5.26 Å². The van der Waals surface area contributed by atoms with Gasteiger partial charge in [0.2, 0.25) is 5.78 Å². The summed E-state index contributed by atoms with van der Waals surface area (Å²) in [6.07, 6.45) is 6.23. The number of aliphatic hydroxyl groups is 1. The van der Waals surface area contributed by atoms with Gasteiger partial charge in [0, 0.05) is 17.5 Å². The van der Waals surface area contributed by atoms with Crippen LogP contribution in [0.25, 0.3) is 16.9 Å². The van der Waals surface area contributed by atoms with Crippen LogP contribution in [-0.2, 0) is 11.2 Å². The van der Waals surface area contributed by atoms with Gasteiger partial charge in [0.25, 0.3) is 5.56 Å². The smallest absolute Gasteiger partial charge is 0.259 e. The van der Waals surface area contributed by atoms with Crippen molar-refractivity contribution in [3.8, 4) is 17.2 Å². The van der Waals surface area contributed by atoms with Crippen molar-refractivity contribution >= 4 is 5.78 Å². The molecular formula is C33H39N5O3. The highest BCUT2D eigenvalue weighted by molar-refractivity contribution is 5.72. The number of ether oxygens (including phenoxy) is 1. The van der Waals surface area contributed by atoms with E-state index in [0.29, 0.717) is 23.3 Å². The lowest BCUT2D eigenvalue weighted by Crippen LogP contribution is -2.36. The van der Waals surface area contributed by atoms with Crippen molar-refractivity contribution in [2.75, 3.05) is 6.61 Å². The quantitative estimate of drug-likeness (QED) is 0.281. The van der Waals surface area contributed by atoms with Crippen molar-refractivity contribution in [3.63, 3.8) is 0 Å². The van der Waals surface area contributed by atoms with Crippen LogP contribution in [0.2, 0.25) is 0 Å². The van der Waals surface area contributed by atoms with E-state index < -0.39 is 5.60 Å². The maximum atomic E-state index is 14.5. The SMILES string of the molecule is CCCc1c(C(C)c2cccc(-c3ccccc3)c2C#N)c(=O)n(C2CCC(OCC(C)(C)O)CC2)c2ncnn12. The molecule has 1 aliphatic carbocycles. The van der Waals surface area contributed by atoms with Crippen molar-refractivity contribution in [3.05, 3.63) is 87.6 Å². The van der Waals surface area contributed by atoms with Gasteiger partial charge in [0.15, 0.2) is 0 Å². The summed E-state index contributed by atoms with van der Waals surface area (Å²) in [6, 6.07) is 18.2. The summed E-state index contributed by atoms with van der Waals surface area (Å²) in [4.78, 5) is 19.1. The Hall–Kier alpha value is -3.80. The fraction of sp³-hybridized carbons (Fsp3) is 0.455. The van der Waals surface area contributed by atoms with Crippen molar-refractivity contribution < 1.29 is 9.84 Å². The first-order valence-electron chi connectivity index (χ1n) is 14.6. The first-order chi connectivity index (χ1) is 19.7. The standard InChI is InChI=1S/C33H39N5O3/c1-5-10-29-30(22(2)26-13-9-14-27(28(26)19-34)23-11-7-6-8-12-23)31(39)37(32-35-21-36-38(29)32)24-15-17-25(18-16-24)41-20-33(3,4)40/h6-9,11-14,21-22,24-25,40H,5,10,15-18,20H2,1-4H3. The van der Waals surface area contributed by atoms with E-state index in [1.165, 1.54) is 6.33 Å². The Kier molecular flexibility index (Phi) is 8.39. The predicted octanol–water partition coefficient (Wildman–Crippen LogP) is 5.81. The van der Waals surface area contributed by atoms with Crippen LogP contribution in [0, 0.1) is 11.3 Å². The average molecular weight is 554 g/mol. The monoisotopic (exact) mass is 553 g/mol. The summed E-state index contributed by atoms with van der Waals surface area (Å²) in [5.41, 5.74) is 3.84. The maximum absolute atomic E-state index is 14.5. The van der Waals surface area contributed by atoms with E-state index in [9.17, 15) is 15.2 Å². The first-order valence-corrected chi connectivity index (χ1v) is 14.6. The lowest BCUT2D eigenvalue weighted by atomic mass is 9.85. The average Bonchev–Trinajstić information content (AvgIpc) is 3.46. The molecule has 1 unspecified atom stereocenters. The van der Waals surface area contributed by atoms with E-state index >= 15 is 0 Å². The van der Waals surface area contributed by atoms with E-state index in [2.05, 4.69) is 23.1 Å². The summed E-state index contributed by atoms with van der Waals surface area (Å²) in [5, 5.41) is 25.0. The molecule has 0 spiro atoms. The predicted molar refractivity (Wildman–Crippen MR) is 159 cm³/mol. The van der Waals surface area contributed by atoms with E-state index in [4.69, 9.17) is 4.74 Å². The molecule has 0 saturated heterocycles. The molecule has 0 radical (unpaired) electrons. The Labute approximate surface area is 241 Å². The third-order valence-corrected chi connectivity index (χ3v) is 8.12. The normalized spacial score (nSPS) is 18.3. The van der Waals surface area contributed by atoms with Gasteiger partial charge in [-0.2, -0.15) is 15.3 Å². The van der Waals surface area contributed by atoms with Crippen LogP contribution in [0.5, 0.6) is 0 Å². The molecule has 1 saturated carbocycles. The topological polar surface area (TPSA) is 105 Å². The highest BCUT2D eigenvalue weighted by Crippen LogP contribution is 2.35. The van der Waals surface area contributed by atoms with Crippen LogP contribution in [0.15, 0.2) is 59.7 Å². The Balaban J connectivity index is 1.58. The number of benzene rings is 2. The number of hydrogen-bond acceptors (Lipinski definition) is 6. The molecule has 0 bridgehead atoms. The van der Waals surface area contributed by atoms with Gasteiger partial charge in [0.1, 0.15) is 12.4 Å². The van der Waals surface area contributed by atoms with Gasteiger partial charge in [-0.05, 0) is 62.6 Å². The molecule has 2 aromatic carbocycles. The number of hydrogen-bond donors (Lipinski definition) is 1. The zero-order valence-electron chi connectivity index (χ0n) is 24.4. The molecule has 214 valence electrons. The van der Waals surface area contributed by atoms with Crippen molar-refractivity contribution in [2.24, 2.45) is 0 Å². The highest BCUT2D eigenvalue weighted by Gasteiger charge is 2.31. The molecule has 8 nitrogen and oxygen atoms in total. The second-order valence-electron chi connectivity index (χ2n) is 11.8. The summed E-state index contributed by atoms with van der Waals surface area (Å²) in [5.74, 6) is 0.238. The van der Waals surface area contributed by atoms with Crippen LogP contribution < -0.4 is 5.56 Å². The number of rotatable bonds is 9. The lowest BCUT2D eigenvalue weighted by Gasteiger charge is -2.32. The highest BCUT2D eigenvalue weighted by atomic mass is 16.5. The summed E-state index contributed by atoms with van der Waals surface area (Å²) in [6.45, 7) is 7.89. The van der Waals surface area contributed by atoms with Gasteiger partial charge < -0.3 is 9.84 Å². The van der Waals surface area contributed by atoms with Crippen LogP contribution in [0.4, 0.5) is 0 Å². The molecule has 1 atom stereocenters.